The zero-order valence-corrected chi connectivity index (χ0v) is 10.7. The number of pyridine rings is 1. The van der Waals surface area contributed by atoms with Crippen LogP contribution in [0.5, 0.6) is 0 Å². The maximum absolute atomic E-state index is 11.1. The Bertz CT molecular complexity index is 472. The highest BCUT2D eigenvalue weighted by Crippen LogP contribution is 2.18. The van der Waals surface area contributed by atoms with Crippen LogP contribution < -0.4 is 10.6 Å². The third-order valence-electron chi connectivity index (χ3n) is 2.48. The fourth-order valence-electron chi connectivity index (χ4n) is 1.65. The lowest BCUT2D eigenvalue weighted by Gasteiger charge is -2.11. The summed E-state index contributed by atoms with van der Waals surface area (Å²) in [7, 11) is 1.56. The first-order chi connectivity index (χ1) is 8.45. The molecule has 1 rings (SSSR count). The van der Waals surface area contributed by atoms with Gasteiger partial charge in [0.15, 0.2) is 0 Å². The molecule has 3 N–H and O–H groups in total. The number of aromatic carboxylic acids is 1. The topological polar surface area (TPSA) is 91.3 Å². The van der Waals surface area contributed by atoms with Gasteiger partial charge in [0, 0.05) is 25.7 Å². The molecule has 0 bridgehead atoms. The first-order valence-electron chi connectivity index (χ1n) is 5.61. The number of carbonyl (C=O) groups is 2. The van der Waals surface area contributed by atoms with Crippen molar-refractivity contribution in [3.63, 3.8) is 0 Å². The molecule has 0 fully saturated rings. The predicted octanol–water partition coefficient (Wildman–Crippen LogP) is 0.945. The standard InChI is InChI=1S/C12H17N3O3/c1-7-6-8(2)15-11(10(7)12(17)18)14-5-4-9(16)13-3/h6H,4-5H2,1-3H3,(H,13,16)(H,14,15)(H,17,18). The highest BCUT2D eigenvalue weighted by Gasteiger charge is 2.15. The van der Waals surface area contributed by atoms with Crippen LogP contribution in [-0.2, 0) is 4.79 Å². The minimum atomic E-state index is -1.03. The molecular weight excluding hydrogens is 234 g/mol. The summed E-state index contributed by atoms with van der Waals surface area (Å²) in [6, 6.07) is 1.72. The molecule has 0 unspecified atom stereocenters. The van der Waals surface area contributed by atoms with Gasteiger partial charge in [0.05, 0.1) is 0 Å². The van der Waals surface area contributed by atoms with E-state index in [4.69, 9.17) is 5.11 Å². The van der Waals surface area contributed by atoms with Gasteiger partial charge in [-0.15, -0.1) is 0 Å². The van der Waals surface area contributed by atoms with E-state index in [2.05, 4.69) is 15.6 Å². The number of rotatable bonds is 5. The molecule has 0 saturated carbocycles. The summed E-state index contributed by atoms with van der Waals surface area (Å²) in [6.07, 6.45) is 0.268. The molecular formula is C12H17N3O3. The first kappa shape index (κ1) is 14.0. The molecule has 6 nitrogen and oxygen atoms in total. The lowest BCUT2D eigenvalue weighted by molar-refractivity contribution is -0.120. The van der Waals surface area contributed by atoms with Crippen LogP contribution in [0.4, 0.5) is 5.82 Å². The van der Waals surface area contributed by atoms with E-state index in [0.717, 1.165) is 5.69 Å². The van der Waals surface area contributed by atoms with Gasteiger partial charge in [0.1, 0.15) is 11.4 Å². The van der Waals surface area contributed by atoms with Gasteiger partial charge in [-0.2, -0.15) is 0 Å². The number of nitrogens with zero attached hydrogens (tertiary/aromatic N) is 1. The number of carbonyl (C=O) groups excluding carboxylic acids is 1. The van der Waals surface area contributed by atoms with Crippen LogP contribution in [0, 0.1) is 13.8 Å². The van der Waals surface area contributed by atoms with E-state index in [1.54, 1.807) is 27.0 Å². The molecule has 6 heteroatoms. The van der Waals surface area contributed by atoms with E-state index in [1.165, 1.54) is 0 Å². The van der Waals surface area contributed by atoms with Crippen LogP contribution in [-0.4, -0.2) is 35.6 Å². The second kappa shape index (κ2) is 6.00. The molecule has 0 aliphatic carbocycles. The molecule has 1 aromatic heterocycles. The van der Waals surface area contributed by atoms with Crippen LogP contribution in [0.1, 0.15) is 28.0 Å². The number of nitrogens with one attached hydrogen (secondary N) is 2. The number of hydrogen-bond donors (Lipinski definition) is 3. The summed E-state index contributed by atoms with van der Waals surface area (Å²) in [5, 5.41) is 14.5. The van der Waals surface area contributed by atoms with Gasteiger partial charge < -0.3 is 15.7 Å². The van der Waals surface area contributed by atoms with Crippen molar-refractivity contribution in [2.24, 2.45) is 0 Å². The Morgan fingerprint density at radius 3 is 2.61 bits per heavy atom. The Balaban J connectivity index is 2.87. The van der Waals surface area contributed by atoms with E-state index in [0.29, 0.717) is 17.9 Å². The Hall–Kier alpha value is -2.11. The number of hydrogen-bond acceptors (Lipinski definition) is 4. The Kier molecular flexibility index (Phi) is 4.65. The third kappa shape index (κ3) is 3.44. The Labute approximate surface area is 105 Å². The zero-order chi connectivity index (χ0) is 13.7. The largest absolute Gasteiger partial charge is 0.478 e. The monoisotopic (exact) mass is 251 g/mol. The van der Waals surface area contributed by atoms with Gasteiger partial charge in [0.2, 0.25) is 5.91 Å². The molecule has 18 heavy (non-hydrogen) atoms. The third-order valence-corrected chi connectivity index (χ3v) is 2.48. The number of carboxylic acid groups (broad SMARTS) is 1. The minimum Gasteiger partial charge on any atom is -0.478 e. The molecule has 0 radical (unpaired) electrons. The number of amides is 1. The van der Waals surface area contributed by atoms with E-state index in [-0.39, 0.29) is 17.9 Å². The summed E-state index contributed by atoms with van der Waals surface area (Å²) >= 11 is 0. The van der Waals surface area contributed by atoms with Crippen LogP contribution in [0.15, 0.2) is 6.07 Å². The van der Waals surface area contributed by atoms with Crippen molar-refractivity contribution >= 4 is 17.7 Å². The van der Waals surface area contributed by atoms with Crippen LogP contribution in [0.2, 0.25) is 0 Å². The fourth-order valence-corrected chi connectivity index (χ4v) is 1.65. The SMILES string of the molecule is CNC(=O)CCNc1nc(C)cc(C)c1C(=O)O. The van der Waals surface area contributed by atoms with Gasteiger partial charge in [-0.1, -0.05) is 0 Å². The second-order valence-corrected chi connectivity index (χ2v) is 3.96. The predicted molar refractivity (Wildman–Crippen MR) is 67.8 cm³/mol. The maximum atomic E-state index is 11.1. The molecule has 98 valence electrons. The van der Waals surface area contributed by atoms with E-state index < -0.39 is 5.97 Å². The summed E-state index contributed by atoms with van der Waals surface area (Å²) in [4.78, 5) is 26.4. The number of aryl methyl sites for hydroxylation is 2. The number of anilines is 1. The molecule has 1 heterocycles. The quantitative estimate of drug-likeness (QED) is 0.724. The molecule has 0 saturated heterocycles. The van der Waals surface area contributed by atoms with Gasteiger partial charge in [-0.3, -0.25) is 4.79 Å². The molecule has 0 spiro atoms. The van der Waals surface area contributed by atoms with Crippen LogP contribution in [0.3, 0.4) is 0 Å². The first-order valence-corrected chi connectivity index (χ1v) is 5.61. The summed E-state index contributed by atoms with van der Waals surface area (Å²) in [6.45, 7) is 3.86. The van der Waals surface area contributed by atoms with Crippen molar-refractivity contribution in [2.75, 3.05) is 18.9 Å². The summed E-state index contributed by atoms with van der Waals surface area (Å²) in [5.41, 5.74) is 1.54. The fraction of sp³-hybridized carbons (Fsp3) is 0.417. The average Bonchev–Trinajstić information content (AvgIpc) is 2.27. The molecule has 1 aromatic rings. The molecule has 0 aliphatic heterocycles. The van der Waals surface area contributed by atoms with Gasteiger partial charge in [-0.05, 0) is 25.5 Å². The lowest BCUT2D eigenvalue weighted by atomic mass is 10.1. The highest BCUT2D eigenvalue weighted by molar-refractivity contribution is 5.94. The average molecular weight is 251 g/mol. The highest BCUT2D eigenvalue weighted by atomic mass is 16.4. The maximum Gasteiger partial charge on any atom is 0.339 e. The minimum absolute atomic E-state index is 0.108. The lowest BCUT2D eigenvalue weighted by Crippen LogP contribution is -2.21. The van der Waals surface area contributed by atoms with E-state index >= 15 is 0 Å². The smallest absolute Gasteiger partial charge is 0.339 e. The van der Waals surface area contributed by atoms with Crippen LogP contribution >= 0.6 is 0 Å². The molecule has 1 amide bonds. The zero-order valence-electron chi connectivity index (χ0n) is 10.7. The Morgan fingerprint density at radius 1 is 1.39 bits per heavy atom. The molecule has 0 atom stereocenters. The van der Waals surface area contributed by atoms with Gasteiger partial charge in [-0.25, -0.2) is 9.78 Å². The second-order valence-electron chi connectivity index (χ2n) is 3.96. The van der Waals surface area contributed by atoms with E-state index in [1.807, 2.05) is 0 Å². The van der Waals surface area contributed by atoms with Gasteiger partial charge >= 0.3 is 5.97 Å². The normalized spacial score (nSPS) is 9.94. The summed E-state index contributed by atoms with van der Waals surface area (Å²) < 4.78 is 0. The molecule has 0 aromatic carbocycles. The van der Waals surface area contributed by atoms with Crippen molar-refractivity contribution in [3.05, 3.63) is 22.9 Å². The summed E-state index contributed by atoms with van der Waals surface area (Å²) in [5.74, 6) is -0.824. The van der Waals surface area contributed by atoms with Crippen molar-refractivity contribution < 1.29 is 14.7 Å². The van der Waals surface area contributed by atoms with Gasteiger partial charge in [0.25, 0.3) is 0 Å². The van der Waals surface area contributed by atoms with Crippen molar-refractivity contribution in [1.82, 2.24) is 10.3 Å². The van der Waals surface area contributed by atoms with Crippen molar-refractivity contribution in [2.45, 2.75) is 20.3 Å². The van der Waals surface area contributed by atoms with Crippen molar-refractivity contribution in [1.29, 1.82) is 0 Å². The molecule has 0 aliphatic rings. The Morgan fingerprint density at radius 2 is 2.06 bits per heavy atom. The van der Waals surface area contributed by atoms with Crippen molar-refractivity contribution in [3.8, 4) is 0 Å². The van der Waals surface area contributed by atoms with Crippen LogP contribution in [0.25, 0.3) is 0 Å². The van der Waals surface area contributed by atoms with E-state index in [9.17, 15) is 9.59 Å². The number of aromatic nitrogens is 1. The number of carboxylic acids is 1.